The molecule has 1 atom stereocenters. The summed E-state index contributed by atoms with van der Waals surface area (Å²) in [7, 11) is 0. The van der Waals surface area contributed by atoms with Crippen LogP contribution in [0.4, 0.5) is 0 Å². The molecule has 20 heavy (non-hydrogen) atoms. The molecule has 1 aromatic heterocycles. The third-order valence-electron chi connectivity index (χ3n) is 5.96. The van der Waals surface area contributed by atoms with E-state index in [4.69, 9.17) is 0 Å². The Morgan fingerprint density at radius 1 is 1.25 bits per heavy atom. The van der Waals surface area contributed by atoms with Gasteiger partial charge in [0.25, 0.3) is 0 Å². The number of hydrogen-bond donors (Lipinski definition) is 2. The van der Waals surface area contributed by atoms with Gasteiger partial charge in [-0.25, -0.2) is 0 Å². The number of aromatic nitrogens is 2. The van der Waals surface area contributed by atoms with Crippen LogP contribution in [-0.2, 0) is 5.60 Å². The van der Waals surface area contributed by atoms with E-state index in [1.807, 2.05) is 12.3 Å². The fourth-order valence-electron chi connectivity index (χ4n) is 5.43. The lowest BCUT2D eigenvalue weighted by atomic mass is 9.50. The summed E-state index contributed by atoms with van der Waals surface area (Å²) in [4.78, 5) is 0. The Hall–Kier alpha value is -1.34. The number of nitrogens with one attached hydrogen (secondary N) is 1. The van der Waals surface area contributed by atoms with Gasteiger partial charge in [0.15, 0.2) is 5.60 Å². The molecule has 0 amide bonds. The summed E-state index contributed by atoms with van der Waals surface area (Å²) in [6.45, 7) is 1.56. The highest BCUT2D eigenvalue weighted by Crippen LogP contribution is 2.60. The van der Waals surface area contributed by atoms with Crippen LogP contribution in [0.1, 0.15) is 56.2 Å². The molecule has 0 saturated heterocycles. The Morgan fingerprint density at radius 3 is 2.40 bits per heavy atom. The minimum absolute atomic E-state index is 0.497. The van der Waals surface area contributed by atoms with Crippen molar-refractivity contribution >= 4 is 0 Å². The first-order valence-electron chi connectivity index (χ1n) is 7.76. The number of aliphatic hydroxyl groups is 1. The maximum Gasteiger partial charge on any atom is 0.190 e. The molecular formula is C16H21N3O. The summed E-state index contributed by atoms with van der Waals surface area (Å²) in [5.41, 5.74) is 0.267. The van der Waals surface area contributed by atoms with E-state index >= 15 is 0 Å². The van der Waals surface area contributed by atoms with Crippen molar-refractivity contribution in [3.05, 3.63) is 17.5 Å². The molecule has 4 nitrogen and oxygen atoms in total. The highest BCUT2D eigenvalue weighted by Gasteiger charge is 2.50. The lowest BCUT2D eigenvalue weighted by Gasteiger charge is -2.54. The second-order valence-corrected chi connectivity index (χ2v) is 7.34. The summed E-state index contributed by atoms with van der Waals surface area (Å²) in [5.74, 6) is 3.83. The van der Waals surface area contributed by atoms with Crippen molar-refractivity contribution < 1.29 is 5.11 Å². The Morgan fingerprint density at radius 2 is 1.85 bits per heavy atom. The predicted octanol–water partition coefficient (Wildman–Crippen LogP) is 2.68. The van der Waals surface area contributed by atoms with Gasteiger partial charge < -0.3 is 5.11 Å². The van der Waals surface area contributed by atoms with Crippen molar-refractivity contribution in [3.8, 4) is 6.07 Å². The van der Waals surface area contributed by atoms with Crippen LogP contribution in [0.15, 0.2) is 6.20 Å². The molecule has 5 rings (SSSR count). The Labute approximate surface area is 119 Å². The van der Waals surface area contributed by atoms with Crippen molar-refractivity contribution in [2.24, 2.45) is 23.7 Å². The molecule has 2 N–H and O–H groups in total. The van der Waals surface area contributed by atoms with E-state index in [9.17, 15) is 10.4 Å². The highest BCUT2D eigenvalue weighted by atomic mass is 16.3. The Kier molecular flexibility index (Phi) is 2.53. The van der Waals surface area contributed by atoms with Crippen LogP contribution in [0.5, 0.6) is 0 Å². The molecule has 0 aromatic carbocycles. The molecule has 0 spiro atoms. The summed E-state index contributed by atoms with van der Waals surface area (Å²) in [5, 5.41) is 26.5. The summed E-state index contributed by atoms with van der Waals surface area (Å²) in [6, 6.07) is 1.99. The van der Waals surface area contributed by atoms with Crippen LogP contribution in [0.2, 0.25) is 0 Å². The first-order valence-corrected chi connectivity index (χ1v) is 7.76. The van der Waals surface area contributed by atoms with Crippen LogP contribution in [0.25, 0.3) is 0 Å². The standard InChI is InChI=1S/C16H21N3O/c1-16(20,8-17)15-13(7-18-19-15)14-11-3-9-2-10(5-11)6-12(14)4-9/h7,9-12,14,20H,2-6H2,1H3,(H,18,19). The van der Waals surface area contributed by atoms with Gasteiger partial charge in [-0.2, -0.15) is 10.4 Å². The fourth-order valence-corrected chi connectivity index (χ4v) is 5.43. The van der Waals surface area contributed by atoms with Crippen LogP contribution in [0.3, 0.4) is 0 Å². The molecule has 1 unspecified atom stereocenters. The van der Waals surface area contributed by atoms with Crippen molar-refractivity contribution in [1.82, 2.24) is 10.2 Å². The molecule has 4 heteroatoms. The van der Waals surface area contributed by atoms with Gasteiger partial charge in [0.2, 0.25) is 0 Å². The summed E-state index contributed by atoms with van der Waals surface area (Å²) < 4.78 is 0. The Bertz CT molecular complexity index is 541. The SMILES string of the molecule is CC(O)(C#N)c1[nH]ncc1C1C2CC3CC(C2)CC1C3. The molecular weight excluding hydrogens is 250 g/mol. The van der Waals surface area contributed by atoms with Crippen LogP contribution < -0.4 is 0 Å². The number of nitriles is 1. The second kappa shape index (κ2) is 4.08. The normalized spacial score (nSPS) is 41.4. The van der Waals surface area contributed by atoms with Gasteiger partial charge in [0.05, 0.1) is 11.9 Å². The van der Waals surface area contributed by atoms with E-state index < -0.39 is 5.60 Å². The molecule has 4 saturated carbocycles. The van der Waals surface area contributed by atoms with E-state index in [2.05, 4.69) is 10.2 Å². The lowest BCUT2D eigenvalue weighted by Crippen LogP contribution is -2.44. The molecule has 4 aliphatic rings. The van der Waals surface area contributed by atoms with Gasteiger partial charge in [0, 0.05) is 5.56 Å². The quantitative estimate of drug-likeness (QED) is 0.812. The van der Waals surface area contributed by atoms with E-state index in [0.29, 0.717) is 11.6 Å². The van der Waals surface area contributed by atoms with E-state index in [-0.39, 0.29) is 0 Å². The molecule has 0 radical (unpaired) electrons. The Balaban J connectivity index is 1.73. The fraction of sp³-hybridized carbons (Fsp3) is 0.750. The molecule has 1 aromatic rings. The van der Waals surface area contributed by atoms with Crippen molar-refractivity contribution in [2.45, 2.75) is 50.5 Å². The zero-order valence-corrected chi connectivity index (χ0v) is 11.8. The largest absolute Gasteiger partial charge is 0.370 e. The lowest BCUT2D eigenvalue weighted by molar-refractivity contribution is -0.00439. The maximum absolute atomic E-state index is 10.3. The smallest absolute Gasteiger partial charge is 0.190 e. The molecule has 4 fully saturated rings. The van der Waals surface area contributed by atoms with Crippen molar-refractivity contribution in [1.29, 1.82) is 5.26 Å². The zero-order chi connectivity index (χ0) is 13.9. The van der Waals surface area contributed by atoms with E-state index in [1.54, 1.807) is 6.92 Å². The minimum Gasteiger partial charge on any atom is -0.370 e. The highest BCUT2D eigenvalue weighted by molar-refractivity contribution is 5.33. The summed E-state index contributed by atoms with van der Waals surface area (Å²) >= 11 is 0. The third kappa shape index (κ3) is 1.66. The van der Waals surface area contributed by atoms with Gasteiger partial charge in [-0.15, -0.1) is 0 Å². The van der Waals surface area contributed by atoms with Gasteiger partial charge in [-0.05, 0) is 68.6 Å². The van der Waals surface area contributed by atoms with Crippen LogP contribution in [0, 0.1) is 35.0 Å². The first-order chi connectivity index (χ1) is 9.58. The molecule has 4 aliphatic carbocycles. The number of rotatable bonds is 2. The van der Waals surface area contributed by atoms with Crippen LogP contribution in [-0.4, -0.2) is 15.3 Å². The third-order valence-corrected chi connectivity index (χ3v) is 5.96. The average Bonchev–Trinajstić information content (AvgIpc) is 2.87. The summed E-state index contributed by atoms with van der Waals surface area (Å²) in [6.07, 6.45) is 8.61. The zero-order valence-electron chi connectivity index (χ0n) is 11.8. The van der Waals surface area contributed by atoms with E-state index in [1.165, 1.54) is 32.1 Å². The van der Waals surface area contributed by atoms with Crippen LogP contribution >= 0.6 is 0 Å². The molecule has 0 aliphatic heterocycles. The first kappa shape index (κ1) is 12.4. The van der Waals surface area contributed by atoms with Gasteiger partial charge in [0.1, 0.15) is 6.07 Å². The number of H-pyrrole nitrogens is 1. The second-order valence-electron chi connectivity index (χ2n) is 7.34. The predicted molar refractivity (Wildman–Crippen MR) is 73.6 cm³/mol. The number of aromatic amines is 1. The monoisotopic (exact) mass is 271 g/mol. The number of hydrogen-bond acceptors (Lipinski definition) is 3. The molecule has 106 valence electrons. The van der Waals surface area contributed by atoms with Crippen molar-refractivity contribution in [3.63, 3.8) is 0 Å². The number of nitrogens with zero attached hydrogens (tertiary/aromatic N) is 2. The molecule has 1 heterocycles. The van der Waals surface area contributed by atoms with Gasteiger partial charge >= 0.3 is 0 Å². The minimum atomic E-state index is -1.46. The maximum atomic E-state index is 10.3. The van der Waals surface area contributed by atoms with E-state index in [0.717, 1.165) is 29.2 Å². The molecule has 4 bridgehead atoms. The van der Waals surface area contributed by atoms with Gasteiger partial charge in [-0.3, -0.25) is 5.10 Å². The average molecular weight is 271 g/mol. The van der Waals surface area contributed by atoms with Gasteiger partial charge in [-0.1, -0.05) is 0 Å². The van der Waals surface area contributed by atoms with Crippen molar-refractivity contribution in [2.75, 3.05) is 0 Å². The topological polar surface area (TPSA) is 72.7 Å².